The van der Waals surface area contributed by atoms with Crippen LogP contribution < -0.4 is 10.6 Å². The lowest BCUT2D eigenvalue weighted by Gasteiger charge is -2.61. The zero-order valence-corrected chi connectivity index (χ0v) is 29.0. The number of hydrogen-bond donors (Lipinski definition) is 2. The first kappa shape index (κ1) is 34.2. The molecule has 0 bridgehead atoms. The zero-order chi connectivity index (χ0) is 33.6. The molecule has 0 spiro atoms. The molecule has 2 amide bonds. The molecule has 0 aromatic heterocycles. The highest BCUT2D eigenvalue weighted by Gasteiger charge is 2.59. The van der Waals surface area contributed by atoms with E-state index in [0.717, 1.165) is 52.1 Å². The van der Waals surface area contributed by atoms with Gasteiger partial charge in [-0.1, -0.05) is 25.7 Å². The fraction of sp³-hybridized carbons (Fsp3) is 0.861. The number of morpholine rings is 2. The number of ether oxygens (including phenoxy) is 3. The highest BCUT2D eigenvalue weighted by Crippen LogP contribution is 2.50. The van der Waals surface area contributed by atoms with Gasteiger partial charge in [0.15, 0.2) is 5.78 Å². The maximum atomic E-state index is 16.3. The number of alkyl halides is 1. The van der Waals surface area contributed by atoms with E-state index in [4.69, 9.17) is 14.2 Å². The molecule has 268 valence electrons. The van der Waals surface area contributed by atoms with Gasteiger partial charge < -0.3 is 34.6 Å². The molecule has 12 heteroatoms. The number of ketones is 1. The van der Waals surface area contributed by atoms with Gasteiger partial charge in [0.2, 0.25) is 0 Å². The number of alkyl carbamates (subject to hydrolysis) is 1. The number of likely N-dealkylation sites (tertiary alicyclic amines) is 1. The minimum absolute atomic E-state index is 0.0517. The fourth-order valence-corrected chi connectivity index (χ4v) is 9.79. The molecular weight excluding hydrogens is 617 g/mol. The van der Waals surface area contributed by atoms with Gasteiger partial charge in [-0.3, -0.25) is 14.5 Å². The van der Waals surface area contributed by atoms with Crippen molar-refractivity contribution < 1.29 is 33.0 Å². The van der Waals surface area contributed by atoms with Crippen LogP contribution in [0.5, 0.6) is 0 Å². The number of rotatable bonds is 7. The smallest absolute Gasteiger partial charge is 0.407 e. The summed E-state index contributed by atoms with van der Waals surface area (Å²) in [7, 11) is 0. The molecule has 48 heavy (non-hydrogen) atoms. The molecule has 0 radical (unpaired) electrons. The summed E-state index contributed by atoms with van der Waals surface area (Å²) in [5.41, 5.74) is -0.465. The van der Waals surface area contributed by atoms with Crippen molar-refractivity contribution in [3.8, 4) is 0 Å². The lowest BCUT2D eigenvalue weighted by Crippen LogP contribution is -2.73. The van der Waals surface area contributed by atoms with Crippen molar-refractivity contribution in [1.29, 1.82) is 0 Å². The van der Waals surface area contributed by atoms with Crippen LogP contribution in [-0.2, 0) is 23.8 Å². The second-order valence-electron chi connectivity index (χ2n) is 16.4. The second kappa shape index (κ2) is 14.2. The van der Waals surface area contributed by atoms with Gasteiger partial charge in [-0.25, -0.2) is 9.18 Å². The molecule has 10 unspecified atom stereocenters. The highest BCUT2D eigenvalue weighted by atomic mass is 19.1. The maximum absolute atomic E-state index is 16.3. The Morgan fingerprint density at radius 3 is 2.54 bits per heavy atom. The van der Waals surface area contributed by atoms with Gasteiger partial charge in [0.25, 0.3) is 5.91 Å². The van der Waals surface area contributed by atoms with Crippen LogP contribution in [0.4, 0.5) is 9.18 Å². The number of hydrogen-bond acceptors (Lipinski definition) is 9. The van der Waals surface area contributed by atoms with Crippen molar-refractivity contribution in [1.82, 2.24) is 25.3 Å². The Balaban J connectivity index is 1.09. The molecule has 3 saturated carbocycles. The summed E-state index contributed by atoms with van der Waals surface area (Å²) in [5.74, 6) is 0.0122. The molecule has 2 N–H and O–H groups in total. The van der Waals surface area contributed by atoms with E-state index in [1.807, 2.05) is 27.0 Å². The maximum Gasteiger partial charge on any atom is 0.407 e. The Morgan fingerprint density at radius 2 is 1.79 bits per heavy atom. The normalized spacial score (nSPS) is 38.4. The molecule has 3 saturated heterocycles. The lowest BCUT2D eigenvalue weighted by molar-refractivity contribution is -0.208. The number of nitrogens with one attached hydrogen (secondary N) is 2. The van der Waals surface area contributed by atoms with Gasteiger partial charge in [-0.15, -0.1) is 0 Å². The van der Waals surface area contributed by atoms with E-state index in [2.05, 4.69) is 20.4 Å². The highest BCUT2D eigenvalue weighted by molar-refractivity contribution is 6.20. The predicted octanol–water partition coefficient (Wildman–Crippen LogP) is 3.02. The Hall–Kier alpha value is -2.28. The molecule has 0 aromatic carbocycles. The predicted molar refractivity (Wildman–Crippen MR) is 177 cm³/mol. The minimum atomic E-state index is -1.25. The molecule has 11 nitrogen and oxygen atoms in total. The van der Waals surface area contributed by atoms with E-state index < -0.39 is 35.9 Å². The third kappa shape index (κ3) is 7.14. The number of amides is 2. The molecule has 10 atom stereocenters. The minimum Gasteiger partial charge on any atom is -0.444 e. The van der Waals surface area contributed by atoms with E-state index in [9.17, 15) is 14.4 Å². The van der Waals surface area contributed by atoms with Crippen molar-refractivity contribution in [3.05, 3.63) is 11.8 Å². The summed E-state index contributed by atoms with van der Waals surface area (Å²) in [6, 6.07) is -0.976. The molecule has 7 rings (SSSR count). The molecule has 7 aliphatic rings. The quantitative estimate of drug-likeness (QED) is 0.311. The monoisotopic (exact) mass is 673 g/mol. The van der Waals surface area contributed by atoms with E-state index in [1.54, 1.807) is 4.90 Å². The fourth-order valence-electron chi connectivity index (χ4n) is 9.79. The van der Waals surface area contributed by atoms with Crippen molar-refractivity contribution in [2.75, 3.05) is 52.5 Å². The zero-order valence-electron chi connectivity index (χ0n) is 29.0. The Kier molecular flexibility index (Phi) is 10.1. The van der Waals surface area contributed by atoms with Crippen LogP contribution >= 0.6 is 0 Å². The number of Topliss-reactive ketones (excluding diaryl/α,β-unsaturated/α-hetero) is 1. The van der Waals surface area contributed by atoms with Gasteiger partial charge in [0, 0.05) is 38.3 Å². The summed E-state index contributed by atoms with van der Waals surface area (Å²) >= 11 is 0. The second-order valence-corrected chi connectivity index (χ2v) is 16.4. The summed E-state index contributed by atoms with van der Waals surface area (Å²) < 4.78 is 34.1. The summed E-state index contributed by atoms with van der Waals surface area (Å²) in [5, 5.41) is 6.42. The molecular formula is C36H56FN5O6. The third-order valence-corrected chi connectivity index (χ3v) is 12.0. The van der Waals surface area contributed by atoms with Crippen LogP contribution in [0.2, 0.25) is 0 Å². The van der Waals surface area contributed by atoms with Gasteiger partial charge in [0.1, 0.15) is 11.8 Å². The molecule has 4 heterocycles. The average molecular weight is 674 g/mol. The number of carbonyl (C=O) groups excluding carboxylic acids is 3. The van der Waals surface area contributed by atoms with Crippen LogP contribution in [0, 0.1) is 17.8 Å². The first-order valence-corrected chi connectivity index (χ1v) is 18.7. The van der Waals surface area contributed by atoms with Crippen LogP contribution in [0.1, 0.15) is 78.6 Å². The van der Waals surface area contributed by atoms with Crippen LogP contribution in [0.3, 0.4) is 0 Å². The Labute approximate surface area is 284 Å². The molecule has 4 aliphatic heterocycles. The van der Waals surface area contributed by atoms with Crippen molar-refractivity contribution in [2.24, 2.45) is 17.8 Å². The van der Waals surface area contributed by atoms with E-state index in [-0.39, 0.29) is 47.9 Å². The molecule has 3 aliphatic carbocycles. The van der Waals surface area contributed by atoms with Gasteiger partial charge >= 0.3 is 6.09 Å². The third-order valence-electron chi connectivity index (χ3n) is 12.0. The van der Waals surface area contributed by atoms with Crippen LogP contribution in [0.25, 0.3) is 0 Å². The van der Waals surface area contributed by atoms with Gasteiger partial charge in [0.05, 0.1) is 55.2 Å². The largest absolute Gasteiger partial charge is 0.444 e. The Bertz CT molecular complexity index is 1240. The van der Waals surface area contributed by atoms with Crippen molar-refractivity contribution in [2.45, 2.75) is 127 Å². The van der Waals surface area contributed by atoms with Crippen molar-refractivity contribution >= 4 is 17.8 Å². The van der Waals surface area contributed by atoms with Crippen molar-refractivity contribution in [3.63, 3.8) is 0 Å². The SMILES string of the molecule is CC(C)(C)OC(=O)NC1CCN(C(=O)C2=CN3C4CC5CCCCC5CC4OC4C(NCCCN5CCOCC5)C(F)CC(C2=O)C43)C1. The first-order valence-electron chi connectivity index (χ1n) is 18.7. The standard InChI is InChI=1S/C36H56FN5O6/c1-36(2,3)48-35(45)39-24-9-12-41(20-24)34(44)26-21-42-28-17-22-7-4-5-8-23(22)18-29(28)47-33-30(27(37)19-25(31(33)42)32(26)43)38-10-6-11-40-13-15-46-16-14-40/h21-25,27-31,33,38H,4-20H2,1-3H3,(H,39,45). The van der Waals surface area contributed by atoms with E-state index in [0.29, 0.717) is 37.9 Å². The average Bonchev–Trinajstić information content (AvgIpc) is 3.51. The van der Waals surface area contributed by atoms with Crippen LogP contribution in [0.15, 0.2) is 11.8 Å². The lowest BCUT2D eigenvalue weighted by atomic mass is 9.65. The summed E-state index contributed by atoms with van der Waals surface area (Å²) in [6.07, 6.45) is 8.00. The van der Waals surface area contributed by atoms with E-state index >= 15 is 4.39 Å². The number of fused-ring (bicyclic) bond motifs is 3. The molecule has 0 aromatic rings. The van der Waals surface area contributed by atoms with Gasteiger partial charge in [-0.05, 0) is 77.8 Å². The topological polar surface area (TPSA) is 113 Å². The Morgan fingerprint density at radius 1 is 1.04 bits per heavy atom. The number of carbonyl (C=O) groups is 3. The number of nitrogens with zero attached hydrogens (tertiary/aromatic N) is 3. The summed E-state index contributed by atoms with van der Waals surface area (Å²) in [4.78, 5) is 47.0. The molecule has 6 fully saturated rings. The van der Waals surface area contributed by atoms with Crippen LogP contribution in [-0.4, -0.2) is 133 Å². The number of halogens is 1. The van der Waals surface area contributed by atoms with Gasteiger partial charge in [-0.2, -0.15) is 0 Å². The first-order chi connectivity index (χ1) is 23.1. The van der Waals surface area contributed by atoms with E-state index in [1.165, 1.54) is 25.7 Å². The summed E-state index contributed by atoms with van der Waals surface area (Å²) in [6.45, 7) is 11.2.